The molecule has 0 aromatic heterocycles. The summed E-state index contributed by atoms with van der Waals surface area (Å²) in [6, 6.07) is -0.0564. The summed E-state index contributed by atoms with van der Waals surface area (Å²) < 4.78 is 13.4. The molecule has 2 atom stereocenters. The van der Waals surface area contributed by atoms with Crippen molar-refractivity contribution in [3.63, 3.8) is 0 Å². The van der Waals surface area contributed by atoms with E-state index >= 15 is 0 Å². The van der Waals surface area contributed by atoms with Crippen LogP contribution in [0.2, 0.25) is 0 Å². The molecule has 1 aliphatic carbocycles. The Hall–Kier alpha value is -1.52. The fourth-order valence-corrected chi connectivity index (χ4v) is 6.92. The van der Waals surface area contributed by atoms with Gasteiger partial charge in [0.25, 0.3) is 0 Å². The lowest BCUT2D eigenvalue weighted by Crippen LogP contribution is -2.37. The predicted octanol–water partition coefficient (Wildman–Crippen LogP) is 13.8. The molecule has 2 aliphatic rings. The Kier molecular flexibility index (Phi) is 25.2. The number of unbranched alkanes of at least 4 members (excludes halogenated alkanes) is 16. The van der Waals surface area contributed by atoms with Crippen LogP contribution in [0.5, 0.6) is 0 Å². The number of nitroso groups, excluding NO2 is 1. The standard InChI is InChI=1S/C42H73NO3/c1-3-5-7-9-11-13-15-17-19-21-23-25-27-29-31-33-40-41(46-42(45-40)37-35-39(43-44)36-38-42)34-32-30-28-26-24-22-20-18-16-14-12-10-8-6-4-2/h11-14,17-20,39-41H,3-10,15-16,21-38H2,1-2H3/b13-11-,14-12-,19-17-,20-18-. The van der Waals surface area contributed by atoms with Gasteiger partial charge in [-0.2, -0.15) is 4.91 Å². The molecule has 0 aromatic rings. The van der Waals surface area contributed by atoms with E-state index in [0.29, 0.717) is 0 Å². The van der Waals surface area contributed by atoms with Gasteiger partial charge in [0.05, 0.1) is 18.2 Å². The van der Waals surface area contributed by atoms with Gasteiger partial charge in [-0.25, -0.2) is 0 Å². The van der Waals surface area contributed by atoms with Gasteiger partial charge in [-0.1, -0.05) is 145 Å². The van der Waals surface area contributed by atoms with Crippen LogP contribution in [0.25, 0.3) is 0 Å². The molecule has 2 fully saturated rings. The molecule has 46 heavy (non-hydrogen) atoms. The van der Waals surface area contributed by atoms with Gasteiger partial charge in [-0.15, -0.1) is 0 Å². The fraction of sp³-hybridized carbons (Fsp3) is 0.810. The zero-order chi connectivity index (χ0) is 32.8. The summed E-state index contributed by atoms with van der Waals surface area (Å²) in [6.45, 7) is 4.52. The third kappa shape index (κ3) is 20.0. The minimum atomic E-state index is -0.454. The average molecular weight is 640 g/mol. The molecule has 0 bridgehead atoms. The van der Waals surface area contributed by atoms with Gasteiger partial charge in [-0.3, -0.25) is 0 Å². The van der Waals surface area contributed by atoms with Gasteiger partial charge < -0.3 is 9.47 Å². The molecule has 4 heteroatoms. The van der Waals surface area contributed by atoms with E-state index in [4.69, 9.17) is 9.47 Å². The highest BCUT2D eigenvalue weighted by molar-refractivity contribution is 4.94. The third-order valence-corrected chi connectivity index (χ3v) is 9.89. The predicted molar refractivity (Wildman–Crippen MR) is 199 cm³/mol. The molecule has 0 amide bonds. The van der Waals surface area contributed by atoms with Gasteiger partial charge in [0.2, 0.25) is 0 Å². The summed E-state index contributed by atoms with van der Waals surface area (Å²) in [5.74, 6) is -0.454. The number of hydrogen-bond donors (Lipinski definition) is 0. The first-order chi connectivity index (χ1) is 22.7. The van der Waals surface area contributed by atoms with Crippen LogP contribution in [-0.2, 0) is 9.47 Å². The molecule has 4 nitrogen and oxygen atoms in total. The van der Waals surface area contributed by atoms with E-state index in [2.05, 4.69) is 67.6 Å². The SMILES string of the molecule is CCCCC/C=C\C/C=C\CCCCCCCC1OC2(CCC(N=O)CC2)OC1CCCCCCC/C=C\C/C=C\CCCCC. The van der Waals surface area contributed by atoms with Crippen molar-refractivity contribution in [3.8, 4) is 0 Å². The summed E-state index contributed by atoms with van der Waals surface area (Å²) in [5.41, 5.74) is 0. The summed E-state index contributed by atoms with van der Waals surface area (Å²) in [6.07, 6.45) is 52.5. The largest absolute Gasteiger partial charge is 0.344 e. The lowest BCUT2D eigenvalue weighted by Gasteiger charge is -2.33. The van der Waals surface area contributed by atoms with E-state index in [1.54, 1.807) is 0 Å². The fourth-order valence-electron chi connectivity index (χ4n) is 6.92. The maximum Gasteiger partial charge on any atom is 0.169 e. The summed E-state index contributed by atoms with van der Waals surface area (Å²) in [7, 11) is 0. The van der Waals surface area contributed by atoms with Crippen LogP contribution in [0.1, 0.15) is 194 Å². The Morgan fingerprint density at radius 3 is 1.28 bits per heavy atom. The first-order valence-corrected chi connectivity index (χ1v) is 20.0. The molecule has 0 aromatic carbocycles. The van der Waals surface area contributed by atoms with E-state index in [0.717, 1.165) is 51.4 Å². The lowest BCUT2D eigenvalue weighted by molar-refractivity contribution is -0.196. The van der Waals surface area contributed by atoms with Crippen molar-refractivity contribution >= 4 is 0 Å². The molecular weight excluding hydrogens is 566 g/mol. The van der Waals surface area contributed by atoms with E-state index in [-0.39, 0.29) is 18.2 Å². The van der Waals surface area contributed by atoms with E-state index in [9.17, 15) is 4.91 Å². The van der Waals surface area contributed by atoms with Crippen molar-refractivity contribution in [1.82, 2.24) is 0 Å². The highest BCUT2D eigenvalue weighted by Crippen LogP contribution is 2.43. The van der Waals surface area contributed by atoms with Gasteiger partial charge in [0.1, 0.15) is 0 Å². The van der Waals surface area contributed by atoms with Crippen molar-refractivity contribution in [1.29, 1.82) is 0 Å². The third-order valence-electron chi connectivity index (χ3n) is 9.89. The number of allylic oxidation sites excluding steroid dienone is 8. The van der Waals surface area contributed by atoms with Gasteiger partial charge in [-0.05, 0) is 89.9 Å². The van der Waals surface area contributed by atoms with Crippen LogP contribution in [0, 0.1) is 4.91 Å². The lowest BCUT2D eigenvalue weighted by atomic mass is 9.90. The molecule has 0 radical (unpaired) electrons. The van der Waals surface area contributed by atoms with E-state index in [1.165, 1.54) is 128 Å². The van der Waals surface area contributed by atoms with E-state index in [1.807, 2.05) is 0 Å². The molecule has 1 heterocycles. The maximum absolute atomic E-state index is 11.1. The second kappa shape index (κ2) is 28.5. The molecule has 1 saturated carbocycles. The molecule has 1 aliphatic heterocycles. The molecule has 1 spiro atoms. The van der Waals surface area contributed by atoms with Crippen LogP contribution in [0.3, 0.4) is 0 Å². The van der Waals surface area contributed by atoms with Crippen molar-refractivity contribution in [2.45, 2.75) is 218 Å². The second-order valence-electron chi connectivity index (χ2n) is 14.1. The van der Waals surface area contributed by atoms with E-state index < -0.39 is 5.79 Å². The highest BCUT2D eigenvalue weighted by Gasteiger charge is 2.48. The topological polar surface area (TPSA) is 47.9 Å². The van der Waals surface area contributed by atoms with Gasteiger partial charge in [0, 0.05) is 12.8 Å². The minimum Gasteiger partial charge on any atom is -0.344 e. The molecular formula is C42H73NO3. The first kappa shape index (κ1) is 40.7. The molecule has 2 unspecified atom stereocenters. The summed E-state index contributed by atoms with van der Waals surface area (Å²) >= 11 is 0. The normalized spacial score (nSPS) is 23.7. The van der Waals surface area contributed by atoms with Crippen molar-refractivity contribution in [3.05, 3.63) is 53.5 Å². The van der Waals surface area contributed by atoms with Crippen LogP contribution in [0.15, 0.2) is 53.8 Å². The highest BCUT2D eigenvalue weighted by atomic mass is 16.8. The monoisotopic (exact) mass is 640 g/mol. The van der Waals surface area contributed by atoms with Gasteiger partial charge in [0.15, 0.2) is 5.79 Å². The minimum absolute atomic E-state index is 0.0564. The number of hydrogen-bond acceptors (Lipinski definition) is 4. The van der Waals surface area contributed by atoms with Crippen LogP contribution in [0.4, 0.5) is 0 Å². The smallest absolute Gasteiger partial charge is 0.169 e. The van der Waals surface area contributed by atoms with Crippen LogP contribution < -0.4 is 0 Å². The Morgan fingerprint density at radius 1 is 0.522 bits per heavy atom. The van der Waals surface area contributed by atoms with Crippen LogP contribution >= 0.6 is 0 Å². The zero-order valence-corrected chi connectivity index (χ0v) is 30.3. The van der Waals surface area contributed by atoms with Crippen molar-refractivity contribution < 1.29 is 9.47 Å². The Morgan fingerprint density at radius 2 is 0.891 bits per heavy atom. The Bertz CT molecular complexity index is 767. The van der Waals surface area contributed by atoms with Gasteiger partial charge >= 0.3 is 0 Å². The molecule has 0 N–H and O–H groups in total. The maximum atomic E-state index is 11.1. The molecule has 264 valence electrons. The molecule has 1 saturated heterocycles. The average Bonchev–Trinajstić information content (AvgIpc) is 3.41. The quantitative estimate of drug-likeness (QED) is 0.0465. The molecule has 2 rings (SSSR count). The zero-order valence-electron chi connectivity index (χ0n) is 30.3. The van der Waals surface area contributed by atoms with Crippen LogP contribution in [-0.4, -0.2) is 24.0 Å². The second-order valence-corrected chi connectivity index (χ2v) is 14.1. The number of ether oxygens (including phenoxy) is 2. The van der Waals surface area contributed by atoms with Crippen molar-refractivity contribution in [2.24, 2.45) is 5.18 Å². The number of rotatable bonds is 29. The Balaban J connectivity index is 1.57. The summed E-state index contributed by atoms with van der Waals surface area (Å²) in [4.78, 5) is 11.1. The summed E-state index contributed by atoms with van der Waals surface area (Å²) in [5, 5.41) is 3.31. The Labute approximate surface area is 285 Å². The first-order valence-electron chi connectivity index (χ1n) is 20.0. The number of nitrogens with zero attached hydrogens (tertiary/aromatic N) is 1. The van der Waals surface area contributed by atoms with Crippen molar-refractivity contribution in [2.75, 3.05) is 0 Å².